The molecule has 1 aromatic carbocycles. The SMILES string of the molecule is COC(=O)c1nccc(NCCCc2ccccc2)n1. The fourth-order valence-electron chi connectivity index (χ4n) is 1.80. The van der Waals surface area contributed by atoms with Gasteiger partial charge in [-0.1, -0.05) is 30.3 Å². The molecule has 0 fully saturated rings. The van der Waals surface area contributed by atoms with Crippen molar-refractivity contribution >= 4 is 11.8 Å². The number of esters is 1. The molecule has 2 rings (SSSR count). The summed E-state index contributed by atoms with van der Waals surface area (Å²) in [5.74, 6) is 0.173. The number of methoxy groups -OCH3 is 1. The van der Waals surface area contributed by atoms with Crippen molar-refractivity contribution < 1.29 is 9.53 Å². The number of rotatable bonds is 6. The molecule has 5 nitrogen and oxygen atoms in total. The Morgan fingerprint density at radius 2 is 2.05 bits per heavy atom. The van der Waals surface area contributed by atoms with E-state index in [0.29, 0.717) is 5.82 Å². The molecule has 0 aliphatic rings. The largest absolute Gasteiger partial charge is 0.463 e. The first-order valence-electron chi connectivity index (χ1n) is 6.49. The van der Waals surface area contributed by atoms with E-state index in [1.54, 1.807) is 12.3 Å². The standard InChI is InChI=1S/C15H17N3O2/c1-20-15(19)14-17-11-9-13(18-14)16-10-5-8-12-6-3-2-4-7-12/h2-4,6-7,9,11H,5,8,10H2,1H3,(H,16,17,18). The van der Waals surface area contributed by atoms with E-state index < -0.39 is 5.97 Å². The van der Waals surface area contributed by atoms with Gasteiger partial charge in [-0.2, -0.15) is 0 Å². The van der Waals surface area contributed by atoms with Crippen molar-refractivity contribution in [1.82, 2.24) is 9.97 Å². The molecule has 5 heteroatoms. The molecule has 0 aliphatic heterocycles. The first kappa shape index (κ1) is 14.0. The van der Waals surface area contributed by atoms with Crippen LogP contribution in [0.3, 0.4) is 0 Å². The van der Waals surface area contributed by atoms with Gasteiger partial charge in [-0.3, -0.25) is 0 Å². The van der Waals surface area contributed by atoms with Gasteiger partial charge in [0.1, 0.15) is 5.82 Å². The average Bonchev–Trinajstić information content (AvgIpc) is 2.52. The Hall–Kier alpha value is -2.43. The molecule has 1 aromatic heterocycles. The minimum atomic E-state index is -0.530. The van der Waals surface area contributed by atoms with Gasteiger partial charge in [0.05, 0.1) is 7.11 Å². The highest BCUT2D eigenvalue weighted by molar-refractivity contribution is 5.85. The van der Waals surface area contributed by atoms with Crippen molar-refractivity contribution in [2.45, 2.75) is 12.8 Å². The van der Waals surface area contributed by atoms with E-state index in [9.17, 15) is 4.79 Å². The van der Waals surface area contributed by atoms with Crippen LogP contribution in [-0.2, 0) is 11.2 Å². The average molecular weight is 271 g/mol. The zero-order chi connectivity index (χ0) is 14.2. The molecule has 0 aliphatic carbocycles. The summed E-state index contributed by atoms with van der Waals surface area (Å²) >= 11 is 0. The predicted molar refractivity (Wildman–Crippen MR) is 76.6 cm³/mol. The number of carbonyl (C=O) groups is 1. The van der Waals surface area contributed by atoms with Crippen molar-refractivity contribution in [2.75, 3.05) is 19.0 Å². The first-order valence-corrected chi connectivity index (χ1v) is 6.49. The van der Waals surface area contributed by atoms with E-state index in [0.717, 1.165) is 19.4 Å². The molecule has 0 atom stereocenters. The second-order valence-corrected chi connectivity index (χ2v) is 4.27. The Balaban J connectivity index is 1.81. The number of carbonyl (C=O) groups excluding carboxylic acids is 1. The number of benzene rings is 1. The van der Waals surface area contributed by atoms with E-state index >= 15 is 0 Å². The molecule has 2 aromatic rings. The topological polar surface area (TPSA) is 64.1 Å². The van der Waals surface area contributed by atoms with Crippen LogP contribution >= 0.6 is 0 Å². The Morgan fingerprint density at radius 3 is 2.80 bits per heavy atom. The van der Waals surface area contributed by atoms with Crippen molar-refractivity contribution in [3.63, 3.8) is 0 Å². The van der Waals surface area contributed by atoms with E-state index in [4.69, 9.17) is 0 Å². The van der Waals surface area contributed by atoms with Gasteiger partial charge in [-0.05, 0) is 24.5 Å². The number of nitrogens with zero attached hydrogens (tertiary/aromatic N) is 2. The Kier molecular flexibility index (Phi) is 5.06. The summed E-state index contributed by atoms with van der Waals surface area (Å²) in [6.45, 7) is 0.784. The molecule has 0 saturated carbocycles. The second kappa shape index (κ2) is 7.23. The normalized spacial score (nSPS) is 10.1. The second-order valence-electron chi connectivity index (χ2n) is 4.27. The summed E-state index contributed by atoms with van der Waals surface area (Å²) in [6.07, 6.45) is 3.53. The van der Waals surface area contributed by atoms with E-state index in [2.05, 4.69) is 32.2 Å². The highest BCUT2D eigenvalue weighted by Crippen LogP contribution is 2.05. The van der Waals surface area contributed by atoms with Gasteiger partial charge in [0, 0.05) is 12.7 Å². The third kappa shape index (κ3) is 4.05. The molecule has 1 N–H and O–H groups in total. The quantitative estimate of drug-likeness (QED) is 0.645. The van der Waals surface area contributed by atoms with E-state index in [1.807, 2.05) is 18.2 Å². The molecular formula is C15H17N3O2. The third-order valence-electron chi connectivity index (χ3n) is 2.81. The minimum Gasteiger partial charge on any atom is -0.463 e. The van der Waals surface area contributed by atoms with Crippen LogP contribution in [0.5, 0.6) is 0 Å². The van der Waals surface area contributed by atoms with Gasteiger partial charge in [0.15, 0.2) is 0 Å². The molecule has 0 radical (unpaired) electrons. The lowest BCUT2D eigenvalue weighted by Crippen LogP contribution is -2.10. The number of anilines is 1. The number of nitrogens with one attached hydrogen (secondary N) is 1. The van der Waals surface area contributed by atoms with Crippen molar-refractivity contribution in [3.8, 4) is 0 Å². The summed E-state index contributed by atoms with van der Waals surface area (Å²) in [7, 11) is 1.31. The molecular weight excluding hydrogens is 254 g/mol. The number of ether oxygens (including phenoxy) is 1. The smallest absolute Gasteiger partial charge is 0.376 e. The van der Waals surface area contributed by atoms with E-state index in [1.165, 1.54) is 12.7 Å². The Bertz CT molecular complexity index is 558. The van der Waals surface area contributed by atoms with Crippen molar-refractivity contribution in [1.29, 1.82) is 0 Å². The zero-order valence-corrected chi connectivity index (χ0v) is 11.4. The summed E-state index contributed by atoms with van der Waals surface area (Å²) in [6, 6.07) is 12.0. The van der Waals surface area contributed by atoms with Crippen LogP contribution in [0.2, 0.25) is 0 Å². The van der Waals surface area contributed by atoms with E-state index in [-0.39, 0.29) is 5.82 Å². The molecule has 0 unspecified atom stereocenters. The van der Waals surface area contributed by atoms with Crippen LogP contribution in [0, 0.1) is 0 Å². The van der Waals surface area contributed by atoms with Crippen LogP contribution in [0.4, 0.5) is 5.82 Å². The van der Waals surface area contributed by atoms with Gasteiger partial charge in [0.2, 0.25) is 5.82 Å². The summed E-state index contributed by atoms with van der Waals surface area (Å²) in [5, 5.41) is 3.18. The highest BCUT2D eigenvalue weighted by Gasteiger charge is 2.08. The van der Waals surface area contributed by atoms with Crippen LogP contribution in [-0.4, -0.2) is 29.6 Å². The monoisotopic (exact) mass is 271 g/mol. The number of aryl methyl sites for hydroxylation is 1. The van der Waals surface area contributed by atoms with Gasteiger partial charge < -0.3 is 10.1 Å². The van der Waals surface area contributed by atoms with Gasteiger partial charge >= 0.3 is 5.97 Å². The number of aromatic nitrogens is 2. The maximum Gasteiger partial charge on any atom is 0.376 e. The van der Waals surface area contributed by atoms with Crippen LogP contribution < -0.4 is 5.32 Å². The lowest BCUT2D eigenvalue weighted by Gasteiger charge is -2.06. The number of hydrogen-bond donors (Lipinski definition) is 1. The molecule has 0 saturated heterocycles. The fourth-order valence-corrected chi connectivity index (χ4v) is 1.80. The summed E-state index contributed by atoms with van der Waals surface area (Å²) < 4.78 is 4.58. The lowest BCUT2D eigenvalue weighted by molar-refractivity contribution is 0.0587. The predicted octanol–water partition coefficient (Wildman–Crippen LogP) is 2.31. The molecule has 0 bridgehead atoms. The summed E-state index contributed by atoms with van der Waals surface area (Å²) in [4.78, 5) is 19.3. The van der Waals surface area contributed by atoms with Crippen LogP contribution in [0.25, 0.3) is 0 Å². The van der Waals surface area contributed by atoms with Crippen LogP contribution in [0.15, 0.2) is 42.6 Å². The molecule has 20 heavy (non-hydrogen) atoms. The maximum absolute atomic E-state index is 11.3. The van der Waals surface area contributed by atoms with Crippen LogP contribution in [0.1, 0.15) is 22.6 Å². The van der Waals surface area contributed by atoms with Gasteiger partial charge in [-0.15, -0.1) is 0 Å². The Morgan fingerprint density at radius 1 is 1.25 bits per heavy atom. The van der Waals surface area contributed by atoms with Gasteiger partial charge in [0.25, 0.3) is 0 Å². The van der Waals surface area contributed by atoms with Gasteiger partial charge in [-0.25, -0.2) is 14.8 Å². The summed E-state index contributed by atoms with van der Waals surface area (Å²) in [5.41, 5.74) is 1.31. The third-order valence-corrected chi connectivity index (χ3v) is 2.81. The molecule has 1 heterocycles. The lowest BCUT2D eigenvalue weighted by atomic mass is 10.1. The molecule has 104 valence electrons. The molecule has 0 amide bonds. The minimum absolute atomic E-state index is 0.0700. The molecule has 0 spiro atoms. The zero-order valence-electron chi connectivity index (χ0n) is 11.4. The maximum atomic E-state index is 11.3. The Labute approximate surface area is 118 Å². The highest BCUT2D eigenvalue weighted by atomic mass is 16.5. The van der Waals surface area contributed by atoms with Crippen molar-refractivity contribution in [3.05, 3.63) is 54.0 Å². The first-order chi connectivity index (χ1) is 9.79. The number of hydrogen-bond acceptors (Lipinski definition) is 5. The fraction of sp³-hybridized carbons (Fsp3) is 0.267. The van der Waals surface area contributed by atoms with Crippen molar-refractivity contribution in [2.24, 2.45) is 0 Å².